The minimum atomic E-state index is -0.519. The van der Waals surface area contributed by atoms with E-state index in [0.29, 0.717) is 5.82 Å². The van der Waals surface area contributed by atoms with E-state index in [0.717, 1.165) is 33.5 Å². The molecule has 66 heavy (non-hydrogen) atoms. The molecule has 11 aromatic rings. The minimum absolute atomic E-state index is 0.131. The molecule has 0 unspecified atom stereocenters. The molecule has 13 rings (SSSR count). The summed E-state index contributed by atoms with van der Waals surface area (Å²) in [7, 11) is 0. The Balaban J connectivity index is 1.01. The first-order valence-corrected chi connectivity index (χ1v) is 23.0. The molecule has 2 nitrogen and oxygen atoms in total. The monoisotopic (exact) mass is 840 g/mol. The van der Waals surface area contributed by atoms with Crippen molar-refractivity contribution in [2.24, 2.45) is 0 Å². The molecule has 0 saturated carbocycles. The first kappa shape index (κ1) is 38.3. The topological polar surface area (TPSA) is 25.8 Å². The average molecular weight is 841 g/mol. The highest BCUT2D eigenvalue weighted by Gasteiger charge is 2.46. The van der Waals surface area contributed by atoms with Crippen molar-refractivity contribution in [2.45, 2.75) is 24.7 Å². The maximum Gasteiger partial charge on any atom is 0.160 e. The van der Waals surface area contributed by atoms with E-state index < -0.39 is 5.41 Å². The largest absolute Gasteiger partial charge is 0.228 e. The first-order valence-electron chi connectivity index (χ1n) is 23.0. The van der Waals surface area contributed by atoms with Gasteiger partial charge in [0.15, 0.2) is 5.82 Å². The third-order valence-corrected chi connectivity index (χ3v) is 14.6. The van der Waals surface area contributed by atoms with Crippen LogP contribution in [0.5, 0.6) is 0 Å². The van der Waals surface area contributed by atoms with Crippen LogP contribution in [0, 0.1) is 0 Å². The van der Waals surface area contributed by atoms with Gasteiger partial charge < -0.3 is 0 Å². The van der Waals surface area contributed by atoms with Crippen LogP contribution in [-0.2, 0) is 10.8 Å². The van der Waals surface area contributed by atoms with Gasteiger partial charge in [0.25, 0.3) is 0 Å². The van der Waals surface area contributed by atoms with Gasteiger partial charge in [0.05, 0.1) is 16.8 Å². The number of rotatable bonds is 6. The molecule has 310 valence electrons. The lowest BCUT2D eigenvalue weighted by Crippen LogP contribution is -2.28. The van der Waals surface area contributed by atoms with E-state index in [9.17, 15) is 0 Å². The third kappa shape index (κ3) is 5.61. The van der Waals surface area contributed by atoms with Gasteiger partial charge in [-0.1, -0.05) is 220 Å². The minimum Gasteiger partial charge on any atom is -0.228 e. The predicted octanol–water partition coefficient (Wildman–Crippen LogP) is 16.1. The second-order valence-corrected chi connectivity index (χ2v) is 18.4. The highest BCUT2D eigenvalue weighted by atomic mass is 14.9. The lowest BCUT2D eigenvalue weighted by molar-refractivity contribution is 0.661. The smallest absolute Gasteiger partial charge is 0.160 e. The standard InChI is InChI=1S/C64H44N2/c1-63(2)56-32-18-30-53(61(56)54-37-42-21-12-13-22-43(42)38-57(54)63)49-35-36-52(48-28-15-14-27-47(48)49)60-40-59(65-62(66-60)41-19-6-3-7-20-41)44-33-34-51-50-29-16-17-31-55(50)64(58(51)39-44,45-23-8-4-9-24-45)46-25-10-5-11-26-46/h3-40H,1-2H3. The zero-order chi connectivity index (χ0) is 44.0. The summed E-state index contributed by atoms with van der Waals surface area (Å²) >= 11 is 0. The maximum atomic E-state index is 5.41. The molecule has 2 aliphatic carbocycles. The molecular weight excluding hydrogens is 797 g/mol. The predicted molar refractivity (Wildman–Crippen MR) is 274 cm³/mol. The molecule has 0 radical (unpaired) electrons. The zero-order valence-corrected chi connectivity index (χ0v) is 36.8. The SMILES string of the molecule is CC1(C)c2cc3ccccc3cc2-c2c(-c3ccc(-c4cc(-c5ccc6c(c5)C(c5ccccc5)(c5ccccc5)c5ccccc5-6)nc(-c5ccccc5)n4)c4ccccc34)cccc21. The van der Waals surface area contributed by atoms with Crippen molar-refractivity contribution in [3.05, 3.63) is 264 Å². The number of nitrogens with zero attached hydrogens (tertiary/aromatic N) is 2. The second kappa shape index (κ2) is 14.7. The van der Waals surface area contributed by atoms with Crippen LogP contribution in [0.4, 0.5) is 0 Å². The van der Waals surface area contributed by atoms with E-state index in [1.807, 2.05) is 6.07 Å². The number of benzene rings is 10. The Labute approximate surface area is 385 Å². The van der Waals surface area contributed by atoms with Crippen molar-refractivity contribution in [3.63, 3.8) is 0 Å². The highest BCUT2D eigenvalue weighted by molar-refractivity contribution is 6.09. The molecule has 1 aromatic heterocycles. The number of hydrogen-bond acceptors (Lipinski definition) is 2. The van der Waals surface area contributed by atoms with Crippen molar-refractivity contribution in [1.82, 2.24) is 9.97 Å². The van der Waals surface area contributed by atoms with E-state index >= 15 is 0 Å². The molecule has 2 aliphatic rings. The summed E-state index contributed by atoms with van der Waals surface area (Å²) < 4.78 is 0. The summed E-state index contributed by atoms with van der Waals surface area (Å²) in [4.78, 5) is 10.8. The fourth-order valence-electron chi connectivity index (χ4n) is 11.5. The number of hydrogen-bond donors (Lipinski definition) is 0. The zero-order valence-electron chi connectivity index (χ0n) is 36.8. The van der Waals surface area contributed by atoms with Crippen LogP contribution in [0.1, 0.15) is 47.2 Å². The molecule has 0 fully saturated rings. The van der Waals surface area contributed by atoms with Crippen molar-refractivity contribution in [2.75, 3.05) is 0 Å². The molecule has 2 heteroatoms. The molecular formula is C64H44N2. The molecule has 0 spiro atoms. The van der Waals surface area contributed by atoms with Gasteiger partial charge in [0, 0.05) is 22.1 Å². The first-order chi connectivity index (χ1) is 32.5. The van der Waals surface area contributed by atoms with Crippen molar-refractivity contribution in [1.29, 1.82) is 0 Å². The van der Waals surface area contributed by atoms with Gasteiger partial charge in [-0.05, 0) is 113 Å². The summed E-state index contributed by atoms with van der Waals surface area (Å²) in [6.45, 7) is 4.75. The van der Waals surface area contributed by atoms with Crippen molar-refractivity contribution in [3.8, 4) is 67.3 Å². The summed E-state index contributed by atoms with van der Waals surface area (Å²) in [6, 6.07) is 84.4. The average Bonchev–Trinajstić information content (AvgIpc) is 3.80. The van der Waals surface area contributed by atoms with E-state index in [4.69, 9.17) is 9.97 Å². The summed E-state index contributed by atoms with van der Waals surface area (Å²) in [5.74, 6) is 0.698. The van der Waals surface area contributed by atoms with Gasteiger partial charge in [-0.3, -0.25) is 0 Å². The van der Waals surface area contributed by atoms with E-state index in [2.05, 4.69) is 238 Å². The molecule has 0 N–H and O–H groups in total. The van der Waals surface area contributed by atoms with E-state index in [-0.39, 0.29) is 5.41 Å². The van der Waals surface area contributed by atoms with Crippen LogP contribution in [-0.4, -0.2) is 9.97 Å². The summed E-state index contributed by atoms with van der Waals surface area (Å²) in [5.41, 5.74) is 19.6. The number of fused-ring (bicyclic) bond motifs is 8. The Hall–Kier alpha value is -8.20. The van der Waals surface area contributed by atoms with Gasteiger partial charge in [0.1, 0.15) is 0 Å². The fourth-order valence-corrected chi connectivity index (χ4v) is 11.5. The van der Waals surface area contributed by atoms with Crippen LogP contribution < -0.4 is 0 Å². The lowest BCUT2D eigenvalue weighted by atomic mass is 9.67. The fraction of sp³-hybridized carbons (Fsp3) is 0.0625. The highest BCUT2D eigenvalue weighted by Crippen LogP contribution is 2.57. The maximum absolute atomic E-state index is 5.41. The molecule has 0 atom stereocenters. The van der Waals surface area contributed by atoms with Gasteiger partial charge in [-0.25, -0.2) is 9.97 Å². The molecule has 0 bridgehead atoms. The summed E-state index contributed by atoms with van der Waals surface area (Å²) in [6.07, 6.45) is 0. The normalized spacial score (nSPS) is 13.8. The Kier molecular flexibility index (Phi) is 8.51. The third-order valence-electron chi connectivity index (χ3n) is 14.6. The van der Waals surface area contributed by atoms with Crippen LogP contribution in [0.3, 0.4) is 0 Å². The Morgan fingerprint density at radius 1 is 0.318 bits per heavy atom. The lowest BCUT2D eigenvalue weighted by Gasteiger charge is -2.34. The van der Waals surface area contributed by atoms with Gasteiger partial charge >= 0.3 is 0 Å². The molecule has 10 aromatic carbocycles. The van der Waals surface area contributed by atoms with Crippen LogP contribution in [0.25, 0.3) is 88.8 Å². The van der Waals surface area contributed by atoms with Crippen LogP contribution >= 0.6 is 0 Å². The van der Waals surface area contributed by atoms with E-state index in [1.165, 1.54) is 82.9 Å². The van der Waals surface area contributed by atoms with Crippen molar-refractivity contribution < 1.29 is 0 Å². The van der Waals surface area contributed by atoms with Gasteiger partial charge in [-0.2, -0.15) is 0 Å². The van der Waals surface area contributed by atoms with Crippen LogP contribution in [0.2, 0.25) is 0 Å². The quantitative estimate of drug-likeness (QED) is 0.167. The van der Waals surface area contributed by atoms with Gasteiger partial charge in [-0.15, -0.1) is 0 Å². The van der Waals surface area contributed by atoms with Crippen LogP contribution in [0.15, 0.2) is 231 Å². The Morgan fingerprint density at radius 3 is 1.61 bits per heavy atom. The van der Waals surface area contributed by atoms with E-state index in [1.54, 1.807) is 0 Å². The Morgan fingerprint density at radius 2 is 0.864 bits per heavy atom. The molecule has 0 aliphatic heterocycles. The second-order valence-electron chi connectivity index (χ2n) is 18.4. The Bertz CT molecular complexity index is 3680. The molecule has 0 amide bonds. The number of aromatic nitrogens is 2. The van der Waals surface area contributed by atoms with Gasteiger partial charge in [0.2, 0.25) is 0 Å². The summed E-state index contributed by atoms with van der Waals surface area (Å²) in [5, 5.41) is 4.90. The molecule has 1 heterocycles. The molecule has 0 saturated heterocycles. The van der Waals surface area contributed by atoms with Crippen molar-refractivity contribution >= 4 is 21.5 Å².